The fourth-order valence-corrected chi connectivity index (χ4v) is 4.74. The van der Waals surface area contributed by atoms with Gasteiger partial charge in [0.2, 0.25) is 5.91 Å². The quantitative estimate of drug-likeness (QED) is 0.342. The SMILES string of the molecule is C=CCOC(=O)C1=C(C)NC(SCC(=O)Nc2ccccc2Cl)=C(C#N)[C@H]1c1ccccc1Cl. The van der Waals surface area contributed by atoms with Crippen molar-refractivity contribution in [3.63, 3.8) is 0 Å². The number of benzene rings is 2. The van der Waals surface area contributed by atoms with Crippen molar-refractivity contribution in [1.82, 2.24) is 5.32 Å². The topological polar surface area (TPSA) is 91.2 Å². The van der Waals surface area contributed by atoms with Crippen LogP contribution in [0.3, 0.4) is 0 Å². The van der Waals surface area contributed by atoms with Gasteiger partial charge in [-0.1, -0.05) is 78.0 Å². The van der Waals surface area contributed by atoms with Crippen molar-refractivity contribution in [2.24, 2.45) is 0 Å². The summed E-state index contributed by atoms with van der Waals surface area (Å²) in [6.45, 7) is 5.31. The number of carbonyl (C=O) groups is 2. The first-order valence-electron chi connectivity index (χ1n) is 10.2. The number of thioether (sulfide) groups is 1. The Labute approximate surface area is 212 Å². The third-order valence-corrected chi connectivity index (χ3v) is 6.60. The van der Waals surface area contributed by atoms with Crippen molar-refractivity contribution in [3.8, 4) is 6.07 Å². The number of rotatable bonds is 8. The van der Waals surface area contributed by atoms with Crippen LogP contribution < -0.4 is 10.6 Å². The molecule has 0 radical (unpaired) electrons. The van der Waals surface area contributed by atoms with Crippen molar-refractivity contribution in [3.05, 3.63) is 98.7 Å². The molecule has 1 heterocycles. The van der Waals surface area contributed by atoms with E-state index in [0.717, 1.165) is 11.8 Å². The van der Waals surface area contributed by atoms with Crippen LogP contribution in [-0.4, -0.2) is 24.2 Å². The van der Waals surface area contributed by atoms with Gasteiger partial charge in [0.05, 0.1) is 44.6 Å². The predicted molar refractivity (Wildman–Crippen MR) is 136 cm³/mol. The largest absolute Gasteiger partial charge is 0.458 e. The van der Waals surface area contributed by atoms with Gasteiger partial charge in [-0.3, -0.25) is 4.79 Å². The highest BCUT2D eigenvalue weighted by atomic mass is 35.5. The van der Waals surface area contributed by atoms with Crippen molar-refractivity contribution >= 4 is 52.5 Å². The Morgan fingerprint density at radius 2 is 1.88 bits per heavy atom. The summed E-state index contributed by atoms with van der Waals surface area (Å²) in [5.41, 5.74) is 2.13. The van der Waals surface area contributed by atoms with E-state index in [1.165, 1.54) is 6.08 Å². The van der Waals surface area contributed by atoms with Crippen LogP contribution >= 0.6 is 35.0 Å². The van der Waals surface area contributed by atoms with Gasteiger partial charge >= 0.3 is 5.97 Å². The number of nitrogens with one attached hydrogen (secondary N) is 2. The van der Waals surface area contributed by atoms with Crippen LogP contribution in [0.2, 0.25) is 10.0 Å². The summed E-state index contributed by atoms with van der Waals surface area (Å²) in [5, 5.41) is 17.2. The zero-order chi connectivity index (χ0) is 24.7. The van der Waals surface area contributed by atoms with Crippen molar-refractivity contribution in [2.75, 3.05) is 17.7 Å². The number of nitrogens with zero attached hydrogens (tertiary/aromatic N) is 1. The molecule has 2 N–H and O–H groups in total. The van der Waals surface area contributed by atoms with Crippen LogP contribution in [0.15, 0.2) is 83.1 Å². The zero-order valence-corrected chi connectivity index (χ0v) is 20.6. The van der Waals surface area contributed by atoms with E-state index in [2.05, 4.69) is 23.3 Å². The summed E-state index contributed by atoms with van der Waals surface area (Å²) in [4.78, 5) is 25.4. The van der Waals surface area contributed by atoms with Crippen LogP contribution in [0.5, 0.6) is 0 Å². The molecule has 1 amide bonds. The molecular formula is C25H21Cl2N3O3S. The Hall–Kier alpha value is -3.18. The minimum absolute atomic E-state index is 0.0114. The second kappa shape index (κ2) is 11.8. The number of hydrogen-bond donors (Lipinski definition) is 2. The van der Waals surface area contributed by atoms with E-state index in [-0.39, 0.29) is 29.4 Å². The zero-order valence-electron chi connectivity index (χ0n) is 18.2. The van der Waals surface area contributed by atoms with E-state index in [4.69, 9.17) is 27.9 Å². The molecule has 0 aliphatic carbocycles. The van der Waals surface area contributed by atoms with Crippen molar-refractivity contribution < 1.29 is 14.3 Å². The number of halogens is 2. The summed E-state index contributed by atoms with van der Waals surface area (Å²) in [5.74, 6) is -1.62. The molecule has 1 aliphatic heterocycles. The molecule has 2 aromatic carbocycles. The summed E-state index contributed by atoms with van der Waals surface area (Å²) in [7, 11) is 0. The van der Waals surface area contributed by atoms with Gasteiger partial charge in [-0.25, -0.2) is 4.79 Å². The highest BCUT2D eigenvalue weighted by molar-refractivity contribution is 8.03. The number of dihydropyridines is 1. The molecule has 6 nitrogen and oxygen atoms in total. The Balaban J connectivity index is 1.93. The lowest BCUT2D eigenvalue weighted by Gasteiger charge is -2.29. The highest BCUT2D eigenvalue weighted by Gasteiger charge is 2.36. The molecule has 0 saturated heterocycles. The fraction of sp³-hybridized carbons (Fsp3) is 0.160. The number of ether oxygens (including phenoxy) is 1. The summed E-state index contributed by atoms with van der Waals surface area (Å²) < 4.78 is 5.28. The third kappa shape index (κ3) is 5.84. The number of esters is 1. The van der Waals surface area contributed by atoms with Crippen LogP contribution in [0.4, 0.5) is 5.69 Å². The molecule has 0 fully saturated rings. The van der Waals surface area contributed by atoms with E-state index < -0.39 is 11.9 Å². The van der Waals surface area contributed by atoms with Gasteiger partial charge in [-0.2, -0.15) is 5.26 Å². The first-order chi connectivity index (χ1) is 16.4. The van der Waals surface area contributed by atoms with Crippen molar-refractivity contribution in [2.45, 2.75) is 12.8 Å². The maximum Gasteiger partial charge on any atom is 0.337 e. The minimum Gasteiger partial charge on any atom is -0.458 e. The molecular weight excluding hydrogens is 493 g/mol. The van der Waals surface area contributed by atoms with Gasteiger partial charge in [0.1, 0.15) is 6.61 Å². The fourth-order valence-electron chi connectivity index (χ4n) is 3.42. The molecule has 0 unspecified atom stereocenters. The lowest BCUT2D eigenvalue weighted by molar-refractivity contribution is -0.138. The first kappa shape index (κ1) is 25.4. The van der Waals surface area contributed by atoms with Crippen molar-refractivity contribution in [1.29, 1.82) is 5.26 Å². The molecule has 3 rings (SSSR count). The van der Waals surface area contributed by atoms with E-state index in [0.29, 0.717) is 32.0 Å². The van der Waals surface area contributed by atoms with Gasteiger partial charge in [-0.05, 0) is 30.7 Å². The molecule has 2 aromatic rings. The van der Waals surface area contributed by atoms with Crippen LogP contribution in [0.1, 0.15) is 18.4 Å². The van der Waals surface area contributed by atoms with E-state index >= 15 is 0 Å². The van der Waals surface area contributed by atoms with E-state index in [1.54, 1.807) is 55.5 Å². The molecule has 1 aliphatic rings. The molecule has 174 valence electrons. The second-order valence-corrected chi connectivity index (χ2v) is 8.98. The molecule has 34 heavy (non-hydrogen) atoms. The van der Waals surface area contributed by atoms with E-state index in [9.17, 15) is 14.9 Å². The maximum atomic E-state index is 12.9. The van der Waals surface area contributed by atoms with Gasteiger partial charge in [0.25, 0.3) is 0 Å². The number of para-hydroxylation sites is 1. The van der Waals surface area contributed by atoms with Gasteiger partial charge in [-0.15, -0.1) is 0 Å². The molecule has 0 bridgehead atoms. The molecule has 9 heteroatoms. The Morgan fingerprint density at radius 3 is 2.53 bits per heavy atom. The van der Waals surface area contributed by atoms with Gasteiger partial charge in [0.15, 0.2) is 0 Å². The number of hydrogen-bond acceptors (Lipinski definition) is 6. The third-order valence-electron chi connectivity index (χ3n) is 4.91. The summed E-state index contributed by atoms with van der Waals surface area (Å²) >= 11 is 13.7. The number of allylic oxidation sites excluding steroid dienone is 2. The van der Waals surface area contributed by atoms with Crippen LogP contribution in [0.25, 0.3) is 0 Å². The summed E-state index contributed by atoms with van der Waals surface area (Å²) in [6, 6.07) is 16.1. The average molecular weight is 514 g/mol. The Morgan fingerprint density at radius 1 is 1.21 bits per heavy atom. The van der Waals surface area contributed by atoms with Crippen LogP contribution in [-0.2, 0) is 14.3 Å². The monoisotopic (exact) mass is 513 g/mol. The van der Waals surface area contributed by atoms with Gasteiger partial charge < -0.3 is 15.4 Å². The number of amides is 1. The average Bonchev–Trinajstić information content (AvgIpc) is 2.82. The second-order valence-electron chi connectivity index (χ2n) is 7.18. The highest BCUT2D eigenvalue weighted by Crippen LogP contribution is 2.43. The number of carbonyl (C=O) groups excluding carboxylic acids is 2. The normalized spacial score (nSPS) is 15.3. The minimum atomic E-state index is -0.758. The Kier molecular flexibility index (Phi) is 8.83. The lowest BCUT2D eigenvalue weighted by Crippen LogP contribution is -2.29. The molecule has 1 atom stereocenters. The predicted octanol–water partition coefficient (Wildman–Crippen LogP) is 5.79. The van der Waals surface area contributed by atoms with E-state index in [1.807, 2.05) is 0 Å². The summed E-state index contributed by atoms with van der Waals surface area (Å²) in [6.07, 6.45) is 1.47. The molecule has 0 aromatic heterocycles. The number of anilines is 1. The van der Waals surface area contributed by atoms with Gasteiger partial charge in [0, 0.05) is 10.7 Å². The standard InChI is InChI=1S/C25H21Cl2N3O3S/c1-3-12-33-25(32)22-15(2)29-24(17(13-28)23(22)16-8-4-5-9-18(16)26)34-14-21(31)30-20-11-7-6-10-19(20)27/h3-11,23,29H,1,12,14H2,2H3,(H,30,31)/t23-/m1/s1. The molecule has 0 saturated carbocycles. The number of nitriles is 1. The maximum absolute atomic E-state index is 12.9. The smallest absolute Gasteiger partial charge is 0.337 e. The lowest BCUT2D eigenvalue weighted by atomic mass is 9.82. The first-order valence-corrected chi connectivity index (χ1v) is 11.9. The Bertz CT molecular complexity index is 1230. The molecule has 0 spiro atoms. The van der Waals surface area contributed by atoms with Crippen LogP contribution in [0, 0.1) is 11.3 Å².